The fraction of sp³-hybridized carbons (Fsp3) is 0.182. The van der Waals surface area contributed by atoms with Gasteiger partial charge < -0.3 is 4.74 Å². The molecule has 7 nitrogen and oxygen atoms in total. The van der Waals surface area contributed by atoms with Gasteiger partial charge in [0.25, 0.3) is 0 Å². The lowest BCUT2D eigenvalue weighted by atomic mass is 10.2. The van der Waals surface area contributed by atoms with Crippen LogP contribution < -0.4 is 5.32 Å². The van der Waals surface area contributed by atoms with Crippen LogP contribution in [0.1, 0.15) is 20.8 Å². The molecule has 1 N–H and O–H groups in total. The van der Waals surface area contributed by atoms with Gasteiger partial charge in [0.15, 0.2) is 5.65 Å². The highest BCUT2D eigenvalue weighted by Crippen LogP contribution is 2.29. The van der Waals surface area contributed by atoms with Crippen molar-refractivity contribution in [2.75, 3.05) is 5.32 Å². The molecule has 2 heterocycles. The number of amides is 1. The van der Waals surface area contributed by atoms with Gasteiger partial charge in [-0.1, -0.05) is 36.4 Å². The van der Waals surface area contributed by atoms with E-state index < -0.39 is 11.7 Å². The van der Waals surface area contributed by atoms with Crippen LogP contribution in [0.2, 0.25) is 5.28 Å². The Kier molecular flexibility index (Phi) is 5.13. The van der Waals surface area contributed by atoms with E-state index in [1.165, 1.54) is 0 Å². The summed E-state index contributed by atoms with van der Waals surface area (Å²) in [5, 5.41) is 2.90. The molecule has 4 rings (SSSR count). The molecule has 2 aromatic heterocycles. The van der Waals surface area contributed by atoms with Gasteiger partial charge in [-0.05, 0) is 50.6 Å². The van der Waals surface area contributed by atoms with Gasteiger partial charge >= 0.3 is 6.09 Å². The summed E-state index contributed by atoms with van der Waals surface area (Å²) in [6.45, 7) is 5.45. The Bertz CT molecular complexity index is 1220. The molecule has 0 atom stereocenters. The van der Waals surface area contributed by atoms with Crippen LogP contribution >= 0.6 is 11.6 Å². The Morgan fingerprint density at radius 1 is 1.07 bits per heavy atom. The van der Waals surface area contributed by atoms with Crippen molar-refractivity contribution in [3.8, 4) is 17.1 Å². The highest BCUT2D eigenvalue weighted by molar-refractivity contribution is 6.28. The molecule has 1 amide bonds. The molecule has 0 saturated carbocycles. The maximum atomic E-state index is 12.2. The molecular formula is C22H20ClN5O2. The van der Waals surface area contributed by atoms with Crippen LogP contribution in [0.3, 0.4) is 0 Å². The van der Waals surface area contributed by atoms with E-state index in [1.54, 1.807) is 12.3 Å². The molecule has 0 fully saturated rings. The van der Waals surface area contributed by atoms with E-state index in [2.05, 4.69) is 15.3 Å². The fourth-order valence-corrected chi connectivity index (χ4v) is 3.15. The first-order valence-corrected chi connectivity index (χ1v) is 9.75. The summed E-state index contributed by atoms with van der Waals surface area (Å²) in [5.41, 5.74) is 2.86. The molecule has 0 spiro atoms. The second-order valence-corrected chi connectivity index (χ2v) is 8.00. The molecule has 2 aromatic carbocycles. The summed E-state index contributed by atoms with van der Waals surface area (Å²) in [5.74, 6) is 0.691. The van der Waals surface area contributed by atoms with Gasteiger partial charge in [-0.3, -0.25) is 9.88 Å². The molecule has 0 unspecified atom stereocenters. The number of fused-ring (bicyclic) bond motifs is 1. The van der Waals surface area contributed by atoms with E-state index in [-0.39, 0.29) is 5.28 Å². The number of ether oxygens (including phenoxy) is 1. The summed E-state index contributed by atoms with van der Waals surface area (Å²) in [4.78, 5) is 25.3. The minimum Gasteiger partial charge on any atom is -0.444 e. The number of aromatic nitrogens is 4. The Labute approximate surface area is 178 Å². The van der Waals surface area contributed by atoms with Crippen molar-refractivity contribution in [2.24, 2.45) is 0 Å². The molecule has 0 bridgehead atoms. The number of benzene rings is 2. The van der Waals surface area contributed by atoms with E-state index in [0.717, 1.165) is 11.3 Å². The number of anilines is 1. The number of carbonyl (C=O) groups excluding carboxylic acids is 1. The zero-order chi connectivity index (χ0) is 21.3. The number of carbonyl (C=O) groups is 1. The fourth-order valence-electron chi connectivity index (χ4n) is 3.02. The molecular weight excluding hydrogens is 402 g/mol. The molecule has 30 heavy (non-hydrogen) atoms. The van der Waals surface area contributed by atoms with Crippen LogP contribution in [0.4, 0.5) is 10.5 Å². The largest absolute Gasteiger partial charge is 0.444 e. The normalized spacial score (nSPS) is 11.5. The van der Waals surface area contributed by atoms with Crippen molar-refractivity contribution in [1.82, 2.24) is 19.5 Å². The van der Waals surface area contributed by atoms with E-state index in [4.69, 9.17) is 21.3 Å². The van der Waals surface area contributed by atoms with E-state index in [0.29, 0.717) is 22.7 Å². The molecule has 0 aliphatic carbocycles. The van der Waals surface area contributed by atoms with Crippen molar-refractivity contribution in [2.45, 2.75) is 26.4 Å². The number of hydrogen-bond donors (Lipinski definition) is 1. The predicted molar refractivity (Wildman–Crippen MR) is 117 cm³/mol. The molecule has 0 aliphatic heterocycles. The topological polar surface area (TPSA) is 81.9 Å². The summed E-state index contributed by atoms with van der Waals surface area (Å²) < 4.78 is 7.23. The zero-order valence-electron chi connectivity index (χ0n) is 16.8. The summed E-state index contributed by atoms with van der Waals surface area (Å²) in [6, 6.07) is 17.1. The third-order valence-electron chi connectivity index (χ3n) is 4.15. The average Bonchev–Trinajstić information content (AvgIpc) is 3.06. The van der Waals surface area contributed by atoms with Gasteiger partial charge in [-0.2, -0.15) is 4.98 Å². The Balaban J connectivity index is 1.81. The quantitative estimate of drug-likeness (QED) is 0.443. The molecule has 4 aromatic rings. The monoisotopic (exact) mass is 421 g/mol. The van der Waals surface area contributed by atoms with E-state index in [9.17, 15) is 4.79 Å². The molecule has 0 radical (unpaired) electrons. The van der Waals surface area contributed by atoms with Crippen molar-refractivity contribution in [3.05, 3.63) is 66.1 Å². The minimum atomic E-state index is -0.587. The molecule has 152 valence electrons. The standard InChI is InChI=1S/C22H20ClN5O2/c1-22(2,3)30-21(29)25-15-10-7-11-16(12-15)28-18(14-8-5-4-6-9-14)26-17-13-24-20(23)27-19(17)28/h4-13H,1-3H3,(H,25,29). The van der Waals surface area contributed by atoms with Gasteiger partial charge in [0.05, 0.1) is 11.9 Å². The highest BCUT2D eigenvalue weighted by atomic mass is 35.5. The van der Waals surface area contributed by atoms with Crippen molar-refractivity contribution < 1.29 is 9.53 Å². The van der Waals surface area contributed by atoms with Gasteiger partial charge in [0.1, 0.15) is 16.9 Å². The number of nitrogens with one attached hydrogen (secondary N) is 1. The van der Waals surface area contributed by atoms with Crippen molar-refractivity contribution >= 4 is 34.5 Å². The minimum absolute atomic E-state index is 0.131. The smallest absolute Gasteiger partial charge is 0.412 e. The van der Waals surface area contributed by atoms with Crippen LogP contribution in [0.25, 0.3) is 28.2 Å². The maximum absolute atomic E-state index is 12.2. The Morgan fingerprint density at radius 2 is 1.83 bits per heavy atom. The van der Waals surface area contributed by atoms with E-state index >= 15 is 0 Å². The SMILES string of the molecule is CC(C)(C)OC(=O)Nc1cccc(-n2c(-c3ccccc3)nc3cnc(Cl)nc32)c1. The summed E-state index contributed by atoms with van der Waals surface area (Å²) in [6.07, 6.45) is 1.07. The first-order valence-electron chi connectivity index (χ1n) is 9.37. The van der Waals surface area contributed by atoms with Crippen LogP contribution in [0.15, 0.2) is 60.8 Å². The third kappa shape index (κ3) is 4.26. The van der Waals surface area contributed by atoms with Crippen LogP contribution in [0.5, 0.6) is 0 Å². The van der Waals surface area contributed by atoms with Gasteiger partial charge in [0, 0.05) is 11.3 Å². The van der Waals surface area contributed by atoms with Crippen molar-refractivity contribution in [1.29, 1.82) is 0 Å². The molecule has 0 saturated heterocycles. The second-order valence-electron chi connectivity index (χ2n) is 7.66. The lowest BCUT2D eigenvalue weighted by Gasteiger charge is -2.20. The van der Waals surface area contributed by atoms with Crippen LogP contribution in [-0.4, -0.2) is 31.2 Å². The Hall–Kier alpha value is -3.45. The Morgan fingerprint density at radius 3 is 2.57 bits per heavy atom. The summed E-state index contributed by atoms with van der Waals surface area (Å²) >= 11 is 6.06. The number of imidazole rings is 1. The van der Waals surface area contributed by atoms with Crippen LogP contribution in [-0.2, 0) is 4.74 Å². The maximum Gasteiger partial charge on any atom is 0.412 e. The number of halogens is 1. The number of rotatable bonds is 3. The zero-order valence-corrected chi connectivity index (χ0v) is 17.5. The first kappa shape index (κ1) is 19.8. The van der Waals surface area contributed by atoms with Crippen LogP contribution in [0, 0.1) is 0 Å². The molecule has 0 aliphatic rings. The number of nitrogens with zero attached hydrogens (tertiary/aromatic N) is 4. The predicted octanol–water partition coefficient (Wildman–Crippen LogP) is 5.48. The van der Waals surface area contributed by atoms with Crippen molar-refractivity contribution in [3.63, 3.8) is 0 Å². The van der Waals surface area contributed by atoms with E-state index in [1.807, 2.05) is 73.9 Å². The highest BCUT2D eigenvalue weighted by Gasteiger charge is 2.18. The average molecular weight is 422 g/mol. The third-order valence-corrected chi connectivity index (χ3v) is 4.33. The lowest BCUT2D eigenvalue weighted by molar-refractivity contribution is 0.0636. The van der Waals surface area contributed by atoms with Gasteiger partial charge in [-0.25, -0.2) is 14.8 Å². The molecule has 8 heteroatoms. The van der Waals surface area contributed by atoms with Gasteiger partial charge in [0.2, 0.25) is 5.28 Å². The first-order chi connectivity index (χ1) is 14.3. The second kappa shape index (κ2) is 7.76. The summed E-state index contributed by atoms with van der Waals surface area (Å²) in [7, 11) is 0. The number of hydrogen-bond acceptors (Lipinski definition) is 5. The van der Waals surface area contributed by atoms with Gasteiger partial charge in [-0.15, -0.1) is 0 Å². The lowest BCUT2D eigenvalue weighted by Crippen LogP contribution is -2.27.